The van der Waals surface area contributed by atoms with Crippen LogP contribution in [-0.2, 0) is 6.42 Å². The van der Waals surface area contributed by atoms with E-state index in [0.717, 1.165) is 62.4 Å². The van der Waals surface area contributed by atoms with Crippen LogP contribution in [0.15, 0.2) is 297 Å². The average Bonchev–Trinajstić information content (AvgIpc) is 2.20. The summed E-state index contributed by atoms with van der Waals surface area (Å²) in [5, 5.41) is 8.56. The first kappa shape index (κ1) is 49.7. The normalized spacial score (nSPS) is 13.2. The highest BCUT2D eigenvalue weighted by Gasteiger charge is 2.28. The second-order valence-corrected chi connectivity index (χ2v) is 23.1. The summed E-state index contributed by atoms with van der Waals surface area (Å²) in [6.07, 6.45) is 5.66. The van der Waals surface area contributed by atoms with Gasteiger partial charge in [0.2, 0.25) is 0 Å². The van der Waals surface area contributed by atoms with Crippen LogP contribution in [0.2, 0.25) is 0 Å². The van der Waals surface area contributed by atoms with Gasteiger partial charge >= 0.3 is 0 Å². The van der Waals surface area contributed by atoms with Crippen LogP contribution in [0.5, 0.6) is 0 Å². The topological polar surface area (TPSA) is 58.4 Å². The summed E-state index contributed by atoms with van der Waals surface area (Å²) in [5.41, 5.74) is 21.4. The molecule has 0 spiro atoms. The van der Waals surface area contributed by atoms with Crippen molar-refractivity contribution < 1.29 is 0 Å². The van der Waals surface area contributed by atoms with Crippen molar-refractivity contribution in [2.24, 2.45) is 0 Å². The summed E-state index contributed by atoms with van der Waals surface area (Å²) in [5.74, 6) is 1.95. The molecule has 0 bridgehead atoms. The molecule has 0 saturated heterocycles. The zero-order valence-corrected chi connectivity index (χ0v) is 47.8. The van der Waals surface area contributed by atoms with E-state index in [9.17, 15) is 0 Å². The van der Waals surface area contributed by atoms with Gasteiger partial charge < -0.3 is 18.3 Å². The fourth-order valence-corrected chi connectivity index (χ4v) is 14.2. The highest BCUT2D eigenvalue weighted by Crippen LogP contribution is 2.45. The Morgan fingerprint density at radius 1 is 0.273 bits per heavy atom. The zero-order valence-electron chi connectivity index (χ0n) is 47.8. The number of fused-ring (bicyclic) bond motifs is 12. The Kier molecular flexibility index (Phi) is 11.3. The molecule has 0 amide bonds. The smallest absolute Gasteiger partial charge is 0.164 e. The van der Waals surface area contributed by atoms with Gasteiger partial charge in [0.1, 0.15) is 0 Å². The molecule has 7 nitrogen and oxygen atoms in total. The van der Waals surface area contributed by atoms with Crippen LogP contribution in [0, 0.1) is 0 Å². The largest absolute Gasteiger partial charge is 0.309 e. The van der Waals surface area contributed by atoms with Gasteiger partial charge in [0.25, 0.3) is 0 Å². The van der Waals surface area contributed by atoms with E-state index < -0.39 is 0 Å². The summed E-state index contributed by atoms with van der Waals surface area (Å²) in [6.45, 7) is 0. The van der Waals surface area contributed by atoms with Crippen molar-refractivity contribution in [2.75, 3.05) is 0 Å². The molecule has 0 saturated carbocycles. The molecule has 0 radical (unpaired) electrons. The molecule has 0 aliphatic heterocycles. The van der Waals surface area contributed by atoms with Crippen LogP contribution >= 0.6 is 0 Å². The summed E-state index contributed by atoms with van der Waals surface area (Å²) >= 11 is 0. The maximum Gasteiger partial charge on any atom is 0.164 e. The molecule has 17 aromatic rings. The summed E-state index contributed by atoms with van der Waals surface area (Å²) in [6, 6.07) is 105. The highest BCUT2D eigenvalue weighted by atomic mass is 15.1. The number of hydrogen-bond donors (Lipinski definition) is 0. The number of aromatic nitrogens is 7. The van der Waals surface area contributed by atoms with E-state index in [1.165, 1.54) is 87.7 Å². The van der Waals surface area contributed by atoms with Crippen LogP contribution in [0.1, 0.15) is 22.7 Å². The molecule has 5 aromatic heterocycles. The fourth-order valence-electron chi connectivity index (χ4n) is 14.2. The molecule has 1 aliphatic carbocycles. The minimum absolute atomic E-state index is 0.111. The Balaban J connectivity index is 0.867. The molecular formula is C81H53N7. The van der Waals surface area contributed by atoms with Gasteiger partial charge in [0, 0.05) is 77.4 Å². The van der Waals surface area contributed by atoms with Crippen molar-refractivity contribution in [3.8, 4) is 68.0 Å². The third-order valence-corrected chi connectivity index (χ3v) is 18.2. The van der Waals surface area contributed by atoms with E-state index >= 15 is 0 Å². The van der Waals surface area contributed by atoms with E-state index in [4.69, 9.17) is 15.0 Å². The average molecular weight is 1120 g/mol. The first-order chi connectivity index (χ1) is 43.6. The standard InChI is InChI=1S/C81H53N7/c1-5-21-52(22-6-1)79-82-80(53-23-7-2-8-24-53)84-81(83-79)58-41-46-77(78(51-58)88-71-35-19-13-29-61(71)62-30-14-20-36-72(62)88)87-75-44-39-56(54-37-42-73-65(47-54)63-31-15-17-33-69(63)85(73)59-25-9-3-10-26-59)49-67(75)68-50-57(40-45-76(68)87)55-38-43-74-66(48-55)64-32-16-18-34-70(64)86(74)60-27-11-4-12-28-60/h1-49,51,57H,50H2. The van der Waals surface area contributed by atoms with Gasteiger partial charge in [0.15, 0.2) is 17.5 Å². The Labute approximate surface area is 507 Å². The number of allylic oxidation sites excluding steroid dienone is 1. The second-order valence-electron chi connectivity index (χ2n) is 23.1. The monoisotopic (exact) mass is 1120 g/mol. The van der Waals surface area contributed by atoms with E-state index in [2.05, 4.69) is 285 Å². The molecule has 412 valence electrons. The van der Waals surface area contributed by atoms with Crippen LogP contribution in [0.4, 0.5) is 0 Å². The van der Waals surface area contributed by atoms with Gasteiger partial charge in [0.05, 0.1) is 50.0 Å². The predicted octanol–water partition coefficient (Wildman–Crippen LogP) is 20.1. The molecule has 1 unspecified atom stereocenters. The summed E-state index contributed by atoms with van der Waals surface area (Å²) in [4.78, 5) is 15.7. The Bertz CT molecular complexity index is 5540. The van der Waals surface area contributed by atoms with Crippen LogP contribution < -0.4 is 0 Å². The van der Waals surface area contributed by atoms with Crippen LogP contribution in [0.3, 0.4) is 0 Å². The first-order valence-corrected chi connectivity index (χ1v) is 30.2. The minimum Gasteiger partial charge on any atom is -0.309 e. The second kappa shape index (κ2) is 20.0. The van der Waals surface area contributed by atoms with Crippen molar-refractivity contribution in [2.45, 2.75) is 12.3 Å². The van der Waals surface area contributed by atoms with E-state index in [1.54, 1.807) is 0 Å². The molecule has 1 atom stereocenters. The van der Waals surface area contributed by atoms with Crippen LogP contribution in [-0.4, -0.2) is 33.2 Å². The number of benzene rings is 12. The maximum atomic E-state index is 5.29. The molecule has 88 heavy (non-hydrogen) atoms. The van der Waals surface area contributed by atoms with Crippen LogP contribution in [0.25, 0.3) is 150 Å². The molecule has 0 fully saturated rings. The van der Waals surface area contributed by atoms with Gasteiger partial charge in [-0.25, -0.2) is 15.0 Å². The number of para-hydroxylation sites is 6. The van der Waals surface area contributed by atoms with Crippen molar-refractivity contribution in [3.05, 3.63) is 314 Å². The van der Waals surface area contributed by atoms with Gasteiger partial charge in [-0.15, -0.1) is 0 Å². The van der Waals surface area contributed by atoms with Gasteiger partial charge in [-0.3, -0.25) is 0 Å². The first-order valence-electron chi connectivity index (χ1n) is 30.2. The summed E-state index contributed by atoms with van der Waals surface area (Å²) < 4.78 is 9.77. The quantitative estimate of drug-likeness (QED) is 0.145. The lowest BCUT2D eigenvalue weighted by atomic mass is 9.86. The highest BCUT2D eigenvalue weighted by molar-refractivity contribution is 6.12. The number of nitrogens with zero attached hydrogens (tertiary/aromatic N) is 7. The molecule has 1 aliphatic rings. The third-order valence-electron chi connectivity index (χ3n) is 18.2. The third kappa shape index (κ3) is 7.87. The lowest BCUT2D eigenvalue weighted by Gasteiger charge is -2.22. The fraction of sp³-hybridized carbons (Fsp3) is 0.0247. The molecule has 0 N–H and O–H groups in total. The van der Waals surface area contributed by atoms with Gasteiger partial charge in [-0.1, -0.05) is 194 Å². The Hall–Kier alpha value is -11.7. The van der Waals surface area contributed by atoms with Crippen molar-refractivity contribution in [1.29, 1.82) is 0 Å². The van der Waals surface area contributed by atoms with Crippen molar-refractivity contribution in [3.63, 3.8) is 0 Å². The molecule has 7 heteroatoms. The van der Waals surface area contributed by atoms with Gasteiger partial charge in [-0.05, 0) is 138 Å². The Morgan fingerprint density at radius 3 is 1.20 bits per heavy atom. The molecular weight excluding hydrogens is 1070 g/mol. The lowest BCUT2D eigenvalue weighted by molar-refractivity contribution is 0.826. The zero-order chi connectivity index (χ0) is 57.8. The molecule has 12 aromatic carbocycles. The minimum atomic E-state index is 0.111. The maximum absolute atomic E-state index is 5.29. The van der Waals surface area contributed by atoms with Crippen molar-refractivity contribution >= 4 is 82.4 Å². The number of rotatable bonds is 9. The SMILES string of the molecule is C1=CC(c2ccc3c(c2)c2ccccc2n3-c2ccccc2)Cc2c1n(-c1ccc(-c3nc(-c4ccccc4)nc(-c4ccccc4)n3)cc1-n1c3ccccc3c3ccccc31)c1ccc(-c3ccc4c(c3)c3ccccc3n4-c3ccccc3)cc21. The summed E-state index contributed by atoms with van der Waals surface area (Å²) in [7, 11) is 0. The predicted molar refractivity (Wildman–Crippen MR) is 363 cm³/mol. The van der Waals surface area contributed by atoms with E-state index in [1.807, 2.05) is 36.4 Å². The van der Waals surface area contributed by atoms with E-state index in [-0.39, 0.29) is 5.92 Å². The van der Waals surface area contributed by atoms with Crippen molar-refractivity contribution in [1.82, 2.24) is 33.2 Å². The van der Waals surface area contributed by atoms with Gasteiger partial charge in [-0.2, -0.15) is 0 Å². The van der Waals surface area contributed by atoms with E-state index in [0.29, 0.717) is 17.5 Å². The lowest BCUT2D eigenvalue weighted by Crippen LogP contribution is -2.09. The number of hydrogen-bond acceptors (Lipinski definition) is 3. The molecule has 5 heterocycles. The molecule has 18 rings (SSSR count). The Morgan fingerprint density at radius 2 is 0.670 bits per heavy atom.